The number of carbonyl (C=O) groups is 2. The van der Waals surface area contributed by atoms with Crippen LogP contribution in [0.1, 0.15) is 53.6 Å². The fourth-order valence-corrected chi connectivity index (χ4v) is 4.21. The summed E-state index contributed by atoms with van der Waals surface area (Å²) in [5.74, 6) is 0.173. The van der Waals surface area contributed by atoms with Gasteiger partial charge in [-0.25, -0.2) is 0 Å². The van der Waals surface area contributed by atoms with Gasteiger partial charge in [0.25, 0.3) is 5.91 Å². The Morgan fingerprint density at radius 1 is 1.11 bits per heavy atom. The van der Waals surface area contributed by atoms with Gasteiger partial charge in [0, 0.05) is 76.5 Å². The first-order valence-electron chi connectivity index (χ1n) is 10.2. The average molecular weight is 384 g/mol. The van der Waals surface area contributed by atoms with Gasteiger partial charge in [0.2, 0.25) is 5.91 Å². The number of nitrogens with zero attached hydrogens (tertiary/aromatic N) is 6. The third-order valence-corrected chi connectivity index (χ3v) is 5.83. The molecule has 2 aliphatic heterocycles. The van der Waals surface area contributed by atoms with Crippen LogP contribution in [0.2, 0.25) is 0 Å². The fourth-order valence-electron chi connectivity index (χ4n) is 4.21. The summed E-state index contributed by atoms with van der Waals surface area (Å²) in [6.45, 7) is 5.71. The number of rotatable bonds is 5. The number of hydrogen-bond donors (Lipinski definition) is 0. The third kappa shape index (κ3) is 3.55. The quantitative estimate of drug-likeness (QED) is 0.781. The van der Waals surface area contributed by atoms with Crippen LogP contribution in [0.25, 0.3) is 0 Å². The van der Waals surface area contributed by atoms with Crippen LogP contribution in [0.5, 0.6) is 0 Å². The van der Waals surface area contributed by atoms with Crippen molar-refractivity contribution in [1.82, 2.24) is 29.4 Å². The zero-order valence-corrected chi connectivity index (χ0v) is 16.7. The second kappa shape index (κ2) is 7.77. The monoisotopic (exact) mass is 384 g/mol. The van der Waals surface area contributed by atoms with Crippen molar-refractivity contribution >= 4 is 11.8 Å². The second-order valence-electron chi connectivity index (χ2n) is 7.62. The number of aromatic nitrogens is 4. The molecule has 2 amide bonds. The summed E-state index contributed by atoms with van der Waals surface area (Å²) >= 11 is 0. The van der Waals surface area contributed by atoms with Crippen LogP contribution in [0, 0.1) is 0 Å². The summed E-state index contributed by atoms with van der Waals surface area (Å²) in [7, 11) is 1.95. The van der Waals surface area contributed by atoms with Crippen LogP contribution in [0.3, 0.4) is 0 Å². The van der Waals surface area contributed by atoms with E-state index in [9.17, 15) is 9.59 Å². The standard InChI is InChI=1S/C20H28N6O2/c1-3-26-13-8-17(22-26)20(28)25-12-9-18-15(14-25)16(21-23(18)2)6-7-19(27)24-10-4-5-11-24/h8,13H,3-7,9-12,14H2,1-2H3. The molecule has 0 atom stereocenters. The number of amides is 2. The zero-order chi connectivity index (χ0) is 19.7. The molecule has 0 bridgehead atoms. The SMILES string of the molecule is CCn1ccc(C(=O)N2CCc3c(c(CCC(=O)N4CCCC4)nn3C)C2)n1. The van der Waals surface area contributed by atoms with E-state index in [4.69, 9.17) is 0 Å². The van der Waals surface area contributed by atoms with E-state index >= 15 is 0 Å². The zero-order valence-electron chi connectivity index (χ0n) is 16.7. The summed E-state index contributed by atoms with van der Waals surface area (Å²) in [5.41, 5.74) is 3.71. The van der Waals surface area contributed by atoms with Gasteiger partial charge in [-0.1, -0.05) is 0 Å². The van der Waals surface area contributed by atoms with Gasteiger partial charge in [-0.3, -0.25) is 19.0 Å². The molecule has 2 aliphatic rings. The molecule has 0 N–H and O–H groups in total. The van der Waals surface area contributed by atoms with Gasteiger partial charge in [-0.15, -0.1) is 0 Å². The maximum absolute atomic E-state index is 12.9. The molecule has 2 aromatic heterocycles. The minimum atomic E-state index is -0.0409. The van der Waals surface area contributed by atoms with Gasteiger partial charge in [-0.2, -0.15) is 10.2 Å². The van der Waals surface area contributed by atoms with Gasteiger partial charge < -0.3 is 9.80 Å². The molecule has 0 spiro atoms. The fraction of sp³-hybridized carbons (Fsp3) is 0.600. The number of fused-ring (bicyclic) bond motifs is 1. The summed E-state index contributed by atoms with van der Waals surface area (Å²) in [6, 6.07) is 1.78. The summed E-state index contributed by atoms with van der Waals surface area (Å²) in [6.07, 6.45) is 5.94. The number of aryl methyl sites for hydroxylation is 3. The molecular formula is C20H28N6O2. The Kier molecular flexibility index (Phi) is 5.19. The number of likely N-dealkylation sites (tertiary alicyclic amines) is 1. The van der Waals surface area contributed by atoms with E-state index < -0.39 is 0 Å². The van der Waals surface area contributed by atoms with Crippen molar-refractivity contribution in [2.24, 2.45) is 7.05 Å². The first-order valence-corrected chi connectivity index (χ1v) is 10.2. The molecule has 1 fully saturated rings. The normalized spacial score (nSPS) is 16.5. The molecule has 0 unspecified atom stereocenters. The highest BCUT2D eigenvalue weighted by Crippen LogP contribution is 2.24. The Bertz CT molecular complexity index is 877. The van der Waals surface area contributed by atoms with E-state index in [-0.39, 0.29) is 11.8 Å². The highest BCUT2D eigenvalue weighted by Gasteiger charge is 2.28. The molecule has 4 rings (SSSR count). The molecule has 0 radical (unpaired) electrons. The van der Waals surface area contributed by atoms with Gasteiger partial charge >= 0.3 is 0 Å². The van der Waals surface area contributed by atoms with E-state index in [0.29, 0.717) is 31.6 Å². The molecule has 4 heterocycles. The summed E-state index contributed by atoms with van der Waals surface area (Å²) < 4.78 is 3.68. The van der Waals surface area contributed by atoms with E-state index in [0.717, 1.165) is 50.2 Å². The van der Waals surface area contributed by atoms with E-state index in [2.05, 4.69) is 10.2 Å². The lowest BCUT2D eigenvalue weighted by Crippen LogP contribution is -2.36. The molecule has 1 saturated heterocycles. The van der Waals surface area contributed by atoms with E-state index in [1.165, 1.54) is 5.69 Å². The maximum Gasteiger partial charge on any atom is 0.274 e. The maximum atomic E-state index is 12.9. The summed E-state index contributed by atoms with van der Waals surface area (Å²) in [4.78, 5) is 29.1. The molecular weight excluding hydrogens is 356 g/mol. The van der Waals surface area contributed by atoms with Crippen LogP contribution >= 0.6 is 0 Å². The first kappa shape index (κ1) is 18.7. The molecule has 8 nitrogen and oxygen atoms in total. The van der Waals surface area contributed by atoms with E-state index in [1.54, 1.807) is 10.7 Å². The Hall–Kier alpha value is -2.64. The smallest absolute Gasteiger partial charge is 0.274 e. The Morgan fingerprint density at radius 2 is 1.89 bits per heavy atom. The molecule has 0 saturated carbocycles. The first-order chi connectivity index (χ1) is 13.6. The molecule has 2 aromatic rings. The van der Waals surface area contributed by atoms with Crippen LogP contribution in [0.15, 0.2) is 12.3 Å². The van der Waals surface area contributed by atoms with Crippen molar-refractivity contribution in [1.29, 1.82) is 0 Å². The van der Waals surface area contributed by atoms with Gasteiger partial charge in [0.15, 0.2) is 0 Å². The predicted molar refractivity (Wildman–Crippen MR) is 104 cm³/mol. The van der Waals surface area contributed by atoms with Crippen LogP contribution in [-0.2, 0) is 37.8 Å². The van der Waals surface area contributed by atoms with E-state index in [1.807, 2.05) is 34.6 Å². The third-order valence-electron chi connectivity index (χ3n) is 5.83. The molecule has 28 heavy (non-hydrogen) atoms. The van der Waals surface area contributed by atoms with Crippen molar-refractivity contribution in [3.05, 3.63) is 34.9 Å². The average Bonchev–Trinajstić information content (AvgIpc) is 3.46. The minimum absolute atomic E-state index is 0.0409. The Balaban J connectivity index is 1.46. The van der Waals surface area contributed by atoms with Crippen LogP contribution in [0.4, 0.5) is 0 Å². The van der Waals surface area contributed by atoms with Crippen molar-refractivity contribution in [3.8, 4) is 0 Å². The van der Waals surface area contributed by atoms with Crippen molar-refractivity contribution in [2.75, 3.05) is 19.6 Å². The molecule has 0 aromatic carbocycles. The minimum Gasteiger partial charge on any atom is -0.343 e. The topological polar surface area (TPSA) is 76.3 Å². The Labute approximate surface area is 165 Å². The Morgan fingerprint density at radius 3 is 2.61 bits per heavy atom. The largest absolute Gasteiger partial charge is 0.343 e. The second-order valence-corrected chi connectivity index (χ2v) is 7.62. The molecule has 150 valence electrons. The van der Waals surface area contributed by atoms with Gasteiger partial charge in [-0.05, 0) is 25.8 Å². The highest BCUT2D eigenvalue weighted by atomic mass is 16.2. The highest BCUT2D eigenvalue weighted by molar-refractivity contribution is 5.92. The van der Waals surface area contributed by atoms with Crippen molar-refractivity contribution in [3.63, 3.8) is 0 Å². The lowest BCUT2D eigenvalue weighted by molar-refractivity contribution is -0.130. The van der Waals surface area contributed by atoms with Crippen molar-refractivity contribution < 1.29 is 9.59 Å². The van der Waals surface area contributed by atoms with Gasteiger partial charge in [0.1, 0.15) is 5.69 Å². The predicted octanol–water partition coefficient (Wildman–Crippen LogP) is 1.39. The molecule has 0 aliphatic carbocycles. The number of carbonyl (C=O) groups excluding carboxylic acids is 2. The van der Waals surface area contributed by atoms with Gasteiger partial charge in [0.05, 0.1) is 5.69 Å². The summed E-state index contributed by atoms with van der Waals surface area (Å²) in [5, 5.41) is 9.01. The van der Waals surface area contributed by atoms with Crippen molar-refractivity contribution in [2.45, 2.75) is 52.1 Å². The lowest BCUT2D eigenvalue weighted by Gasteiger charge is -2.27. The number of hydrogen-bond acceptors (Lipinski definition) is 4. The van der Waals surface area contributed by atoms with Crippen LogP contribution in [-0.4, -0.2) is 60.8 Å². The van der Waals surface area contributed by atoms with Crippen LogP contribution < -0.4 is 0 Å². The molecule has 8 heteroatoms. The lowest BCUT2D eigenvalue weighted by atomic mass is 10.0.